The van der Waals surface area contributed by atoms with Gasteiger partial charge in [0.15, 0.2) is 0 Å². The first-order chi connectivity index (χ1) is 8.77. The average Bonchev–Trinajstić information content (AvgIpc) is 2.70. The first kappa shape index (κ1) is 12.3. The first-order valence-corrected chi connectivity index (χ1v) is 6.11. The predicted molar refractivity (Wildman–Crippen MR) is 74.9 cm³/mol. The fourth-order valence-corrected chi connectivity index (χ4v) is 2.00. The van der Waals surface area contributed by atoms with Crippen LogP contribution in [0.2, 0.25) is 0 Å². The largest absolute Gasteiger partial charge is 0.384 e. The molecule has 1 aromatic carbocycles. The highest BCUT2D eigenvalue weighted by Gasteiger charge is 2.14. The van der Waals surface area contributed by atoms with Crippen molar-refractivity contribution in [3.63, 3.8) is 0 Å². The van der Waals surface area contributed by atoms with Crippen LogP contribution in [0.4, 0.5) is 5.82 Å². The van der Waals surface area contributed by atoms with Crippen molar-refractivity contribution in [2.45, 2.75) is 26.3 Å². The zero-order valence-corrected chi connectivity index (χ0v) is 10.6. The van der Waals surface area contributed by atoms with E-state index in [1.54, 1.807) is 0 Å². The summed E-state index contributed by atoms with van der Waals surface area (Å²) in [5.74, 6) is 4.18. The van der Waals surface area contributed by atoms with Gasteiger partial charge in [-0.25, -0.2) is 4.98 Å². The van der Waals surface area contributed by atoms with Gasteiger partial charge in [0.05, 0.1) is 12.2 Å². The number of aromatic nitrogens is 2. The van der Waals surface area contributed by atoms with Crippen molar-refractivity contribution in [3.05, 3.63) is 36.0 Å². The highest BCUT2D eigenvalue weighted by molar-refractivity contribution is 5.60. The molecule has 2 N–H and O–H groups in total. The number of hydrogen-bond donors (Lipinski definition) is 1. The highest BCUT2D eigenvalue weighted by Crippen LogP contribution is 2.24. The summed E-state index contributed by atoms with van der Waals surface area (Å²) >= 11 is 0. The molecule has 92 valence electrons. The number of nitrogen functional groups attached to an aromatic ring is 1. The fourth-order valence-electron chi connectivity index (χ4n) is 2.00. The topological polar surface area (TPSA) is 43.8 Å². The van der Waals surface area contributed by atoms with Crippen LogP contribution in [-0.4, -0.2) is 9.55 Å². The van der Waals surface area contributed by atoms with Crippen LogP contribution in [0.3, 0.4) is 0 Å². The lowest BCUT2D eigenvalue weighted by Crippen LogP contribution is -2.04. The molecule has 3 heteroatoms. The SMILES string of the molecule is C#CCn1c(-c2ccccc2)nc(CCC)c1N. The smallest absolute Gasteiger partial charge is 0.142 e. The minimum Gasteiger partial charge on any atom is -0.384 e. The molecule has 0 aliphatic heterocycles. The van der Waals surface area contributed by atoms with Crippen molar-refractivity contribution in [2.75, 3.05) is 5.73 Å². The van der Waals surface area contributed by atoms with Crippen molar-refractivity contribution >= 4 is 5.82 Å². The number of hydrogen-bond acceptors (Lipinski definition) is 2. The van der Waals surface area contributed by atoms with Crippen molar-refractivity contribution in [1.29, 1.82) is 0 Å². The number of rotatable bonds is 4. The van der Waals surface area contributed by atoms with E-state index < -0.39 is 0 Å². The van der Waals surface area contributed by atoms with Gasteiger partial charge in [0.1, 0.15) is 11.6 Å². The van der Waals surface area contributed by atoms with Crippen molar-refractivity contribution < 1.29 is 0 Å². The third kappa shape index (κ3) is 2.23. The zero-order valence-electron chi connectivity index (χ0n) is 10.6. The van der Waals surface area contributed by atoms with Crippen molar-refractivity contribution in [2.24, 2.45) is 0 Å². The molecule has 18 heavy (non-hydrogen) atoms. The van der Waals surface area contributed by atoms with Gasteiger partial charge in [-0.15, -0.1) is 6.42 Å². The van der Waals surface area contributed by atoms with Crippen LogP contribution in [0.5, 0.6) is 0 Å². The third-order valence-electron chi connectivity index (χ3n) is 2.85. The molecule has 1 heterocycles. The molecule has 0 bridgehead atoms. The second-order valence-electron chi connectivity index (χ2n) is 4.17. The second-order valence-corrected chi connectivity index (χ2v) is 4.17. The van der Waals surface area contributed by atoms with Crippen LogP contribution in [0.25, 0.3) is 11.4 Å². The van der Waals surface area contributed by atoms with E-state index >= 15 is 0 Å². The van der Waals surface area contributed by atoms with Gasteiger partial charge >= 0.3 is 0 Å². The standard InChI is InChI=1S/C15H17N3/c1-3-8-13-14(16)18(11-4-2)15(17-13)12-9-6-5-7-10-12/h2,5-7,9-10H,3,8,11,16H2,1H3. The molecule has 2 rings (SSSR count). The summed E-state index contributed by atoms with van der Waals surface area (Å²) in [5.41, 5.74) is 8.10. The summed E-state index contributed by atoms with van der Waals surface area (Å²) < 4.78 is 1.90. The normalized spacial score (nSPS) is 10.2. The Morgan fingerprint density at radius 2 is 2.06 bits per heavy atom. The van der Waals surface area contributed by atoms with Crippen molar-refractivity contribution in [3.8, 4) is 23.7 Å². The maximum absolute atomic E-state index is 6.12. The van der Waals surface area contributed by atoms with Gasteiger partial charge in [0.25, 0.3) is 0 Å². The summed E-state index contributed by atoms with van der Waals surface area (Å²) in [6.07, 6.45) is 7.30. The fraction of sp³-hybridized carbons (Fsp3) is 0.267. The van der Waals surface area contributed by atoms with Gasteiger partial charge in [-0.3, -0.25) is 4.57 Å². The van der Waals surface area contributed by atoms with E-state index in [0.717, 1.165) is 29.9 Å². The average molecular weight is 239 g/mol. The number of terminal acetylenes is 1. The molecule has 0 fully saturated rings. The molecule has 0 saturated carbocycles. The van der Waals surface area contributed by atoms with E-state index in [1.165, 1.54) is 0 Å². The van der Waals surface area contributed by atoms with Gasteiger partial charge in [-0.1, -0.05) is 49.6 Å². The molecule has 0 atom stereocenters. The van der Waals surface area contributed by atoms with Crippen LogP contribution in [-0.2, 0) is 13.0 Å². The number of aryl methyl sites for hydroxylation is 1. The van der Waals surface area contributed by atoms with E-state index in [0.29, 0.717) is 12.4 Å². The lowest BCUT2D eigenvalue weighted by Gasteiger charge is -2.05. The predicted octanol–water partition coefficient (Wildman–Crippen LogP) is 2.72. The number of nitrogens with two attached hydrogens (primary N) is 1. The molecule has 3 nitrogen and oxygen atoms in total. The highest BCUT2D eigenvalue weighted by atomic mass is 15.1. The number of nitrogens with zero attached hydrogens (tertiary/aromatic N) is 2. The molecule has 0 aliphatic rings. The van der Waals surface area contributed by atoms with Gasteiger partial charge in [0, 0.05) is 5.56 Å². The Kier molecular flexibility index (Phi) is 3.69. The molecule has 1 aromatic heterocycles. The van der Waals surface area contributed by atoms with Gasteiger partial charge in [-0.05, 0) is 6.42 Å². The molecule has 0 spiro atoms. The summed E-state index contributed by atoms with van der Waals surface area (Å²) in [5, 5.41) is 0. The van der Waals surface area contributed by atoms with Crippen LogP contribution in [0.1, 0.15) is 19.0 Å². The molecular weight excluding hydrogens is 222 g/mol. The van der Waals surface area contributed by atoms with Crippen LogP contribution >= 0.6 is 0 Å². The molecule has 0 aliphatic carbocycles. The Hall–Kier alpha value is -2.21. The Morgan fingerprint density at radius 3 is 2.67 bits per heavy atom. The summed E-state index contributed by atoms with van der Waals surface area (Å²) in [4.78, 5) is 4.63. The molecule has 0 saturated heterocycles. The number of anilines is 1. The monoisotopic (exact) mass is 239 g/mol. The van der Waals surface area contributed by atoms with Gasteiger partial charge < -0.3 is 5.73 Å². The summed E-state index contributed by atoms with van der Waals surface area (Å²) in [6, 6.07) is 9.99. The lowest BCUT2D eigenvalue weighted by atomic mass is 10.2. The quantitative estimate of drug-likeness (QED) is 0.834. The molecule has 0 amide bonds. The van der Waals surface area contributed by atoms with Gasteiger partial charge in [0.2, 0.25) is 0 Å². The lowest BCUT2D eigenvalue weighted by molar-refractivity contribution is 0.858. The molecular formula is C15H17N3. The van der Waals surface area contributed by atoms with E-state index in [4.69, 9.17) is 12.2 Å². The molecule has 0 radical (unpaired) electrons. The zero-order chi connectivity index (χ0) is 13.0. The maximum Gasteiger partial charge on any atom is 0.142 e. The Morgan fingerprint density at radius 1 is 1.33 bits per heavy atom. The molecule has 2 aromatic rings. The van der Waals surface area contributed by atoms with Crippen LogP contribution in [0, 0.1) is 12.3 Å². The van der Waals surface area contributed by atoms with Crippen molar-refractivity contribution in [1.82, 2.24) is 9.55 Å². The number of benzene rings is 1. The minimum atomic E-state index is 0.451. The minimum absolute atomic E-state index is 0.451. The second kappa shape index (κ2) is 5.42. The number of imidazole rings is 1. The summed E-state index contributed by atoms with van der Waals surface area (Å²) in [7, 11) is 0. The third-order valence-corrected chi connectivity index (χ3v) is 2.85. The van der Waals surface area contributed by atoms with E-state index in [9.17, 15) is 0 Å². The first-order valence-electron chi connectivity index (χ1n) is 6.11. The Bertz CT molecular complexity index is 561. The maximum atomic E-state index is 6.12. The Balaban J connectivity index is 2.52. The summed E-state index contributed by atoms with van der Waals surface area (Å²) in [6.45, 7) is 2.56. The van der Waals surface area contributed by atoms with Crippen LogP contribution in [0.15, 0.2) is 30.3 Å². The molecule has 0 unspecified atom stereocenters. The van der Waals surface area contributed by atoms with E-state index in [2.05, 4.69) is 17.8 Å². The van der Waals surface area contributed by atoms with Crippen LogP contribution < -0.4 is 5.73 Å². The van der Waals surface area contributed by atoms with E-state index in [-0.39, 0.29) is 0 Å². The van der Waals surface area contributed by atoms with Gasteiger partial charge in [-0.2, -0.15) is 0 Å². The van der Waals surface area contributed by atoms with E-state index in [1.807, 2.05) is 34.9 Å². The Labute approximate surface area is 108 Å².